The average molecular weight is 303 g/mol. The summed E-state index contributed by atoms with van der Waals surface area (Å²) >= 11 is 0. The van der Waals surface area contributed by atoms with Crippen molar-refractivity contribution in [2.75, 3.05) is 26.2 Å². The van der Waals surface area contributed by atoms with Gasteiger partial charge in [-0.3, -0.25) is 4.99 Å². The van der Waals surface area contributed by atoms with E-state index in [1.807, 2.05) is 0 Å². The molecule has 1 heterocycles. The van der Waals surface area contributed by atoms with E-state index >= 15 is 0 Å². The highest BCUT2D eigenvalue weighted by molar-refractivity contribution is 5.46. The molecular formula is C19H33N3. The van der Waals surface area contributed by atoms with E-state index in [1.165, 1.54) is 36.8 Å². The van der Waals surface area contributed by atoms with Crippen molar-refractivity contribution in [3.8, 4) is 0 Å². The van der Waals surface area contributed by atoms with E-state index in [0.29, 0.717) is 0 Å². The molecule has 0 radical (unpaired) electrons. The number of nitrogens with zero attached hydrogens (tertiary/aromatic N) is 2. The molecule has 1 N–H and O–H groups in total. The molecular weight excluding hydrogens is 270 g/mol. The number of allylic oxidation sites excluding steroid dienone is 3. The van der Waals surface area contributed by atoms with Crippen LogP contribution in [0.5, 0.6) is 0 Å². The van der Waals surface area contributed by atoms with E-state index in [9.17, 15) is 0 Å². The summed E-state index contributed by atoms with van der Waals surface area (Å²) < 4.78 is 0. The number of rotatable bonds is 9. The Morgan fingerprint density at radius 1 is 1.23 bits per heavy atom. The molecule has 1 rings (SSSR count). The lowest BCUT2D eigenvalue weighted by atomic mass is 10.0. The van der Waals surface area contributed by atoms with Crippen LogP contribution in [-0.4, -0.2) is 37.8 Å². The second-order valence-corrected chi connectivity index (χ2v) is 5.94. The fourth-order valence-electron chi connectivity index (χ4n) is 2.92. The smallest absolute Gasteiger partial charge is 0.0701 e. The van der Waals surface area contributed by atoms with Crippen LogP contribution in [0.2, 0.25) is 0 Å². The zero-order chi connectivity index (χ0) is 16.4. The van der Waals surface area contributed by atoms with Crippen LogP contribution in [-0.2, 0) is 0 Å². The number of nitrogens with one attached hydrogen (secondary N) is 1. The Morgan fingerprint density at radius 3 is 2.45 bits per heavy atom. The van der Waals surface area contributed by atoms with Crippen LogP contribution < -0.4 is 5.32 Å². The third kappa shape index (κ3) is 5.45. The highest BCUT2D eigenvalue weighted by Crippen LogP contribution is 2.26. The van der Waals surface area contributed by atoms with E-state index in [-0.39, 0.29) is 0 Å². The minimum Gasteiger partial charge on any atom is -0.372 e. The van der Waals surface area contributed by atoms with E-state index in [2.05, 4.69) is 55.4 Å². The maximum atomic E-state index is 4.32. The SMILES string of the molecule is C=NC(/C(=C\C)CCNCCC)=C(/C)C(=C)N1CCCCC1. The Balaban J connectivity index is 2.79. The Morgan fingerprint density at radius 2 is 1.91 bits per heavy atom. The number of likely N-dealkylation sites (tertiary alicyclic amines) is 1. The summed E-state index contributed by atoms with van der Waals surface area (Å²) in [5.41, 5.74) is 4.55. The van der Waals surface area contributed by atoms with Crippen molar-refractivity contribution in [1.82, 2.24) is 10.2 Å². The summed E-state index contributed by atoms with van der Waals surface area (Å²) in [6.07, 6.45) is 8.17. The molecule has 0 aliphatic carbocycles. The van der Waals surface area contributed by atoms with Crippen LogP contribution in [0.15, 0.2) is 40.2 Å². The number of hydrogen-bond donors (Lipinski definition) is 1. The van der Waals surface area contributed by atoms with Gasteiger partial charge in [-0.15, -0.1) is 0 Å². The Kier molecular flexibility index (Phi) is 8.83. The first-order valence-corrected chi connectivity index (χ1v) is 8.63. The summed E-state index contributed by atoms with van der Waals surface area (Å²) in [7, 11) is 0. The van der Waals surface area contributed by atoms with Gasteiger partial charge in [0, 0.05) is 18.8 Å². The number of hydrogen-bond acceptors (Lipinski definition) is 3. The lowest BCUT2D eigenvalue weighted by Crippen LogP contribution is -2.29. The first-order valence-electron chi connectivity index (χ1n) is 8.63. The molecule has 124 valence electrons. The van der Waals surface area contributed by atoms with Crippen LogP contribution in [0, 0.1) is 0 Å². The lowest BCUT2D eigenvalue weighted by molar-refractivity contribution is 0.290. The van der Waals surface area contributed by atoms with Gasteiger partial charge in [-0.25, -0.2) is 0 Å². The number of piperidine rings is 1. The predicted molar refractivity (Wildman–Crippen MR) is 98.3 cm³/mol. The molecule has 3 heteroatoms. The molecule has 22 heavy (non-hydrogen) atoms. The average Bonchev–Trinajstić information content (AvgIpc) is 2.57. The van der Waals surface area contributed by atoms with E-state index in [0.717, 1.165) is 44.0 Å². The third-order valence-electron chi connectivity index (χ3n) is 4.33. The van der Waals surface area contributed by atoms with Gasteiger partial charge in [0.1, 0.15) is 0 Å². The molecule has 3 nitrogen and oxygen atoms in total. The first-order chi connectivity index (χ1) is 10.7. The zero-order valence-electron chi connectivity index (χ0n) is 14.7. The van der Waals surface area contributed by atoms with Crippen molar-refractivity contribution >= 4 is 6.72 Å². The van der Waals surface area contributed by atoms with Gasteiger partial charge >= 0.3 is 0 Å². The summed E-state index contributed by atoms with van der Waals surface area (Å²) in [4.78, 5) is 6.72. The van der Waals surface area contributed by atoms with Gasteiger partial charge in [0.25, 0.3) is 0 Å². The van der Waals surface area contributed by atoms with E-state index in [1.54, 1.807) is 0 Å². The molecule has 0 bridgehead atoms. The molecule has 0 amide bonds. The first kappa shape index (κ1) is 18.7. The molecule has 1 aliphatic heterocycles. The van der Waals surface area contributed by atoms with Crippen molar-refractivity contribution in [3.63, 3.8) is 0 Å². The molecule has 0 unspecified atom stereocenters. The third-order valence-corrected chi connectivity index (χ3v) is 4.33. The molecule has 0 atom stereocenters. The summed E-state index contributed by atoms with van der Waals surface area (Å²) in [5.74, 6) is 0. The van der Waals surface area contributed by atoms with Crippen molar-refractivity contribution < 1.29 is 0 Å². The van der Waals surface area contributed by atoms with Gasteiger partial charge in [0.2, 0.25) is 0 Å². The molecule has 0 spiro atoms. The second-order valence-electron chi connectivity index (χ2n) is 5.94. The van der Waals surface area contributed by atoms with Gasteiger partial charge in [-0.2, -0.15) is 0 Å². The van der Waals surface area contributed by atoms with Gasteiger partial charge in [-0.1, -0.05) is 19.6 Å². The second kappa shape index (κ2) is 10.4. The fraction of sp³-hybridized carbons (Fsp3) is 0.632. The summed E-state index contributed by atoms with van der Waals surface area (Å²) in [6, 6.07) is 0. The van der Waals surface area contributed by atoms with Crippen LogP contribution in [0.25, 0.3) is 0 Å². The minimum atomic E-state index is 0.982. The predicted octanol–water partition coefficient (Wildman–Crippen LogP) is 4.30. The Hall–Kier alpha value is -1.35. The van der Waals surface area contributed by atoms with Crippen LogP contribution in [0.4, 0.5) is 0 Å². The molecule has 0 aromatic rings. The van der Waals surface area contributed by atoms with Crippen molar-refractivity contribution in [1.29, 1.82) is 0 Å². The molecule has 0 aromatic heterocycles. The lowest BCUT2D eigenvalue weighted by Gasteiger charge is -2.31. The Labute approximate surface area is 136 Å². The standard InChI is InChI=1S/C19H33N3/c1-6-12-21-13-11-18(7-2)19(20-5)16(3)17(4)22-14-9-8-10-15-22/h7,21H,4-6,8-15H2,1-3H3/b18-7-,19-16-. The van der Waals surface area contributed by atoms with Crippen LogP contribution >= 0.6 is 0 Å². The van der Waals surface area contributed by atoms with Crippen LogP contribution in [0.1, 0.15) is 52.9 Å². The summed E-state index contributed by atoms with van der Waals surface area (Å²) in [6.45, 7) is 18.8. The molecule has 0 saturated carbocycles. The molecule has 1 fully saturated rings. The molecule has 1 aliphatic rings. The van der Waals surface area contributed by atoms with Crippen molar-refractivity contribution in [2.45, 2.75) is 52.9 Å². The number of aliphatic imine (C=N–C) groups is 1. The Bertz CT molecular complexity index is 426. The fourth-order valence-corrected chi connectivity index (χ4v) is 2.92. The maximum absolute atomic E-state index is 4.32. The summed E-state index contributed by atoms with van der Waals surface area (Å²) in [5, 5.41) is 3.45. The zero-order valence-corrected chi connectivity index (χ0v) is 14.7. The largest absolute Gasteiger partial charge is 0.372 e. The normalized spacial score (nSPS) is 17.2. The molecule has 1 saturated heterocycles. The quantitative estimate of drug-likeness (QED) is 0.391. The van der Waals surface area contributed by atoms with Crippen LogP contribution in [0.3, 0.4) is 0 Å². The maximum Gasteiger partial charge on any atom is 0.0701 e. The highest BCUT2D eigenvalue weighted by Gasteiger charge is 2.16. The molecule has 0 aromatic carbocycles. The van der Waals surface area contributed by atoms with Crippen molar-refractivity contribution in [3.05, 3.63) is 35.2 Å². The highest BCUT2D eigenvalue weighted by atomic mass is 15.1. The van der Waals surface area contributed by atoms with Crippen molar-refractivity contribution in [2.24, 2.45) is 4.99 Å². The topological polar surface area (TPSA) is 27.6 Å². The van der Waals surface area contributed by atoms with Gasteiger partial charge in [0.15, 0.2) is 0 Å². The minimum absolute atomic E-state index is 0.982. The van der Waals surface area contributed by atoms with E-state index in [4.69, 9.17) is 0 Å². The van der Waals surface area contributed by atoms with Gasteiger partial charge < -0.3 is 10.2 Å². The van der Waals surface area contributed by atoms with Gasteiger partial charge in [-0.05, 0) is 76.9 Å². The van der Waals surface area contributed by atoms with E-state index < -0.39 is 0 Å². The monoisotopic (exact) mass is 303 g/mol. The van der Waals surface area contributed by atoms with Gasteiger partial charge in [0.05, 0.1) is 5.70 Å².